The number of rotatable bonds is 2. The summed E-state index contributed by atoms with van der Waals surface area (Å²) in [5.41, 5.74) is 4.05. The number of hydrogen-bond donors (Lipinski definition) is 0. The summed E-state index contributed by atoms with van der Waals surface area (Å²) < 4.78 is 1.58. The van der Waals surface area contributed by atoms with Crippen molar-refractivity contribution >= 4 is 5.65 Å². The lowest BCUT2D eigenvalue weighted by Crippen LogP contribution is -2.14. The molecular formula is C19H13N3O. The lowest BCUT2D eigenvalue weighted by molar-refractivity contribution is 1.05. The summed E-state index contributed by atoms with van der Waals surface area (Å²) in [5.74, 6) is 0. The topological polar surface area (TPSA) is 47.3 Å². The quantitative estimate of drug-likeness (QED) is 0.570. The van der Waals surface area contributed by atoms with Gasteiger partial charge in [0.05, 0.1) is 5.69 Å². The zero-order chi connectivity index (χ0) is 15.6. The minimum atomic E-state index is -0.0976. The highest BCUT2D eigenvalue weighted by Crippen LogP contribution is 2.24. The van der Waals surface area contributed by atoms with Gasteiger partial charge in [0.25, 0.3) is 5.56 Å². The first-order valence-electron chi connectivity index (χ1n) is 7.31. The highest BCUT2D eigenvalue weighted by Gasteiger charge is 2.09. The van der Waals surface area contributed by atoms with E-state index in [0.717, 1.165) is 16.7 Å². The van der Waals surface area contributed by atoms with Gasteiger partial charge in [-0.2, -0.15) is 0 Å². The zero-order valence-electron chi connectivity index (χ0n) is 12.3. The summed E-state index contributed by atoms with van der Waals surface area (Å²) in [7, 11) is 0. The molecule has 0 aliphatic rings. The molecule has 0 bridgehead atoms. The van der Waals surface area contributed by atoms with Crippen molar-refractivity contribution in [3.63, 3.8) is 0 Å². The molecule has 0 N–H and O–H groups in total. The Hall–Kier alpha value is -3.27. The number of pyridine rings is 2. The molecule has 110 valence electrons. The first-order chi connectivity index (χ1) is 11.3. The van der Waals surface area contributed by atoms with Crippen LogP contribution in [0.4, 0.5) is 0 Å². The second kappa shape index (κ2) is 5.50. The maximum atomic E-state index is 12.5. The second-order valence-corrected chi connectivity index (χ2v) is 5.20. The Morgan fingerprint density at radius 2 is 1.61 bits per heavy atom. The molecule has 0 aliphatic heterocycles. The largest absolute Gasteiger partial charge is 0.269 e. The molecule has 23 heavy (non-hydrogen) atoms. The number of benzene rings is 1. The van der Waals surface area contributed by atoms with Crippen molar-refractivity contribution in [2.75, 3.05) is 0 Å². The van der Waals surface area contributed by atoms with E-state index in [1.807, 2.05) is 54.6 Å². The van der Waals surface area contributed by atoms with E-state index in [9.17, 15) is 4.79 Å². The Kier molecular flexibility index (Phi) is 3.20. The number of fused-ring (bicyclic) bond motifs is 1. The van der Waals surface area contributed by atoms with Crippen LogP contribution in [0.5, 0.6) is 0 Å². The maximum absolute atomic E-state index is 12.5. The predicted molar refractivity (Wildman–Crippen MR) is 90.1 cm³/mol. The molecule has 0 amide bonds. The molecule has 0 atom stereocenters. The number of hydrogen-bond acceptors (Lipinski definition) is 3. The third-order valence-electron chi connectivity index (χ3n) is 3.75. The lowest BCUT2D eigenvalue weighted by atomic mass is 10.1. The van der Waals surface area contributed by atoms with E-state index in [-0.39, 0.29) is 5.56 Å². The van der Waals surface area contributed by atoms with E-state index in [0.29, 0.717) is 11.3 Å². The van der Waals surface area contributed by atoms with Gasteiger partial charge in [-0.05, 0) is 29.8 Å². The first-order valence-corrected chi connectivity index (χ1v) is 7.31. The Balaban J connectivity index is 2.03. The van der Waals surface area contributed by atoms with E-state index in [1.54, 1.807) is 29.1 Å². The SMILES string of the molecule is O=c1cc(-c2ccncc2)nc2c(-c3ccccc3)cccn12. The molecular weight excluding hydrogens is 286 g/mol. The van der Waals surface area contributed by atoms with Gasteiger partial charge in [-0.15, -0.1) is 0 Å². The van der Waals surface area contributed by atoms with Crippen molar-refractivity contribution < 1.29 is 0 Å². The third kappa shape index (κ3) is 2.40. The number of nitrogens with zero attached hydrogens (tertiary/aromatic N) is 3. The van der Waals surface area contributed by atoms with Crippen LogP contribution in [0.3, 0.4) is 0 Å². The standard InChI is InChI=1S/C19H13N3O/c23-18-13-17(15-8-10-20-11-9-15)21-19-16(7-4-12-22(18)19)14-5-2-1-3-6-14/h1-13H. The van der Waals surface area contributed by atoms with Gasteiger partial charge in [-0.25, -0.2) is 4.98 Å². The summed E-state index contributed by atoms with van der Waals surface area (Å²) in [5, 5.41) is 0. The van der Waals surface area contributed by atoms with Crippen LogP contribution in [-0.2, 0) is 0 Å². The molecule has 4 heteroatoms. The summed E-state index contributed by atoms with van der Waals surface area (Å²) in [6.45, 7) is 0. The fourth-order valence-electron chi connectivity index (χ4n) is 2.64. The molecule has 0 unspecified atom stereocenters. The van der Waals surface area contributed by atoms with Crippen molar-refractivity contribution in [3.05, 3.63) is 89.6 Å². The van der Waals surface area contributed by atoms with Crippen LogP contribution in [-0.4, -0.2) is 14.4 Å². The Labute approximate surface area is 132 Å². The smallest absolute Gasteiger partial charge is 0.258 e. The van der Waals surface area contributed by atoms with Crippen LogP contribution < -0.4 is 5.56 Å². The van der Waals surface area contributed by atoms with Gasteiger partial charge in [0, 0.05) is 35.8 Å². The molecule has 0 spiro atoms. The summed E-state index contributed by atoms with van der Waals surface area (Å²) >= 11 is 0. The van der Waals surface area contributed by atoms with Crippen molar-refractivity contribution in [3.8, 4) is 22.4 Å². The molecule has 0 fully saturated rings. The van der Waals surface area contributed by atoms with Gasteiger partial charge in [0.15, 0.2) is 0 Å². The van der Waals surface area contributed by atoms with Crippen molar-refractivity contribution in [2.45, 2.75) is 0 Å². The summed E-state index contributed by atoms with van der Waals surface area (Å²) in [4.78, 5) is 21.2. The average Bonchev–Trinajstić information content (AvgIpc) is 2.63. The molecule has 4 aromatic rings. The highest BCUT2D eigenvalue weighted by molar-refractivity contribution is 5.78. The summed E-state index contributed by atoms with van der Waals surface area (Å²) in [6, 6.07) is 19.0. The van der Waals surface area contributed by atoms with E-state index in [2.05, 4.69) is 4.98 Å². The average molecular weight is 299 g/mol. The van der Waals surface area contributed by atoms with Crippen LogP contribution in [0, 0.1) is 0 Å². The van der Waals surface area contributed by atoms with Gasteiger partial charge < -0.3 is 0 Å². The molecule has 0 radical (unpaired) electrons. The Bertz CT molecular complexity index is 1020. The van der Waals surface area contributed by atoms with Crippen molar-refractivity contribution in [1.82, 2.24) is 14.4 Å². The van der Waals surface area contributed by atoms with Crippen LogP contribution in [0.2, 0.25) is 0 Å². The van der Waals surface area contributed by atoms with Crippen LogP contribution in [0.15, 0.2) is 84.0 Å². The second-order valence-electron chi connectivity index (χ2n) is 5.20. The molecule has 1 aromatic carbocycles. The molecule has 0 saturated carbocycles. The molecule has 4 nitrogen and oxygen atoms in total. The normalized spacial score (nSPS) is 10.8. The minimum Gasteiger partial charge on any atom is -0.269 e. The molecule has 0 aliphatic carbocycles. The molecule has 3 heterocycles. The number of aromatic nitrogens is 3. The maximum Gasteiger partial charge on any atom is 0.258 e. The third-order valence-corrected chi connectivity index (χ3v) is 3.75. The van der Waals surface area contributed by atoms with Gasteiger partial charge in [-0.1, -0.05) is 30.3 Å². The fourth-order valence-corrected chi connectivity index (χ4v) is 2.64. The highest BCUT2D eigenvalue weighted by atomic mass is 16.1. The fraction of sp³-hybridized carbons (Fsp3) is 0. The van der Waals surface area contributed by atoms with E-state index in [4.69, 9.17) is 4.98 Å². The van der Waals surface area contributed by atoms with Crippen LogP contribution in [0.25, 0.3) is 28.0 Å². The molecule has 3 aromatic heterocycles. The van der Waals surface area contributed by atoms with E-state index < -0.39 is 0 Å². The minimum absolute atomic E-state index is 0.0976. The van der Waals surface area contributed by atoms with Gasteiger partial charge in [0.2, 0.25) is 0 Å². The molecule has 4 rings (SSSR count). The summed E-state index contributed by atoms with van der Waals surface area (Å²) in [6.07, 6.45) is 5.14. The van der Waals surface area contributed by atoms with Crippen molar-refractivity contribution in [2.24, 2.45) is 0 Å². The van der Waals surface area contributed by atoms with E-state index >= 15 is 0 Å². The first kappa shape index (κ1) is 13.4. The van der Waals surface area contributed by atoms with Crippen LogP contribution >= 0.6 is 0 Å². The van der Waals surface area contributed by atoms with E-state index in [1.165, 1.54) is 0 Å². The van der Waals surface area contributed by atoms with Gasteiger partial charge in [-0.3, -0.25) is 14.2 Å². The predicted octanol–water partition coefficient (Wildman–Crippen LogP) is 3.42. The Morgan fingerprint density at radius 3 is 2.39 bits per heavy atom. The Morgan fingerprint density at radius 1 is 0.826 bits per heavy atom. The lowest BCUT2D eigenvalue weighted by Gasteiger charge is -2.09. The van der Waals surface area contributed by atoms with Gasteiger partial charge >= 0.3 is 0 Å². The zero-order valence-corrected chi connectivity index (χ0v) is 12.3. The van der Waals surface area contributed by atoms with Crippen LogP contribution in [0.1, 0.15) is 0 Å². The molecule has 0 saturated heterocycles. The monoisotopic (exact) mass is 299 g/mol. The van der Waals surface area contributed by atoms with Gasteiger partial charge in [0.1, 0.15) is 5.65 Å². The van der Waals surface area contributed by atoms with Crippen molar-refractivity contribution in [1.29, 1.82) is 0 Å².